The Bertz CT molecular complexity index is 1160. The van der Waals surface area contributed by atoms with Crippen molar-refractivity contribution in [3.05, 3.63) is 52.8 Å². The summed E-state index contributed by atoms with van der Waals surface area (Å²) >= 11 is 6.32. The van der Waals surface area contributed by atoms with E-state index in [-0.39, 0.29) is 0 Å². The molecule has 4 rings (SSSR count). The number of hydrogen-bond acceptors (Lipinski definition) is 4. The molecule has 5 heteroatoms. The second kappa shape index (κ2) is 7.20. The van der Waals surface area contributed by atoms with Gasteiger partial charge in [0, 0.05) is 36.8 Å². The molecule has 1 aliphatic carbocycles. The zero-order chi connectivity index (χ0) is 19.0. The highest BCUT2D eigenvalue weighted by Gasteiger charge is 2.14. The Labute approximate surface area is 163 Å². The van der Waals surface area contributed by atoms with Crippen molar-refractivity contribution in [2.45, 2.75) is 20.8 Å². The van der Waals surface area contributed by atoms with Gasteiger partial charge in [-0.3, -0.25) is 4.99 Å². The predicted octanol–water partition coefficient (Wildman–Crippen LogP) is 5.51. The summed E-state index contributed by atoms with van der Waals surface area (Å²) in [7, 11) is 0. The number of halogens is 1. The van der Waals surface area contributed by atoms with E-state index in [0.29, 0.717) is 17.3 Å². The molecule has 138 valence electrons. The first-order valence-electron chi connectivity index (χ1n) is 9.37. The molecule has 2 aromatic carbocycles. The molecular weight excluding hydrogens is 358 g/mol. The molecule has 0 N–H and O–H groups in total. The number of rotatable bonds is 4. The first-order valence-corrected chi connectivity index (χ1v) is 9.74. The van der Waals surface area contributed by atoms with Crippen molar-refractivity contribution >= 4 is 39.2 Å². The molecule has 1 aliphatic heterocycles. The van der Waals surface area contributed by atoms with Gasteiger partial charge in [0.15, 0.2) is 11.3 Å². The van der Waals surface area contributed by atoms with Crippen LogP contribution in [0.25, 0.3) is 33.3 Å². The van der Waals surface area contributed by atoms with Crippen LogP contribution in [0.3, 0.4) is 0 Å². The summed E-state index contributed by atoms with van der Waals surface area (Å²) in [6, 6.07) is 14.3. The van der Waals surface area contributed by atoms with Crippen LogP contribution >= 0.6 is 11.6 Å². The molecular formula is C22H22ClN3O. The van der Waals surface area contributed by atoms with Crippen molar-refractivity contribution < 1.29 is 4.42 Å². The largest absolute Gasteiger partial charge is 0.452 e. The summed E-state index contributed by atoms with van der Waals surface area (Å²) < 4.78 is 6.26. The molecule has 0 aromatic heterocycles. The van der Waals surface area contributed by atoms with Gasteiger partial charge in [-0.15, -0.1) is 0 Å². The third kappa shape index (κ3) is 3.15. The summed E-state index contributed by atoms with van der Waals surface area (Å²) in [5.74, 6) is 0.694. The maximum Gasteiger partial charge on any atom is 0.160 e. The maximum atomic E-state index is 6.32. The van der Waals surface area contributed by atoms with Gasteiger partial charge >= 0.3 is 0 Å². The van der Waals surface area contributed by atoms with Crippen molar-refractivity contribution in [2.75, 3.05) is 24.5 Å². The lowest BCUT2D eigenvalue weighted by molar-refractivity contribution is 0.615. The summed E-state index contributed by atoms with van der Waals surface area (Å²) in [6.45, 7) is 8.96. The van der Waals surface area contributed by atoms with E-state index in [2.05, 4.69) is 48.0 Å². The second-order valence-corrected chi connectivity index (χ2v) is 6.86. The van der Waals surface area contributed by atoms with Gasteiger partial charge in [-0.2, -0.15) is 0 Å². The van der Waals surface area contributed by atoms with Gasteiger partial charge in [-0.05, 0) is 56.5 Å². The van der Waals surface area contributed by atoms with Gasteiger partial charge in [-0.1, -0.05) is 17.7 Å². The van der Waals surface area contributed by atoms with Crippen LogP contribution in [-0.4, -0.2) is 24.6 Å². The first-order chi connectivity index (χ1) is 13.1. The number of fused-ring (bicyclic) bond motifs is 4. The Morgan fingerprint density at radius 3 is 2.59 bits per heavy atom. The monoisotopic (exact) mass is 379 g/mol. The van der Waals surface area contributed by atoms with Crippen LogP contribution in [0.15, 0.2) is 51.9 Å². The standard InChI is InChI=1S/C22H22ClN3O/c1-4-24-19-13-21-20(12-17(19)23)25-18-10-7-14-11-15(26(5-2)6-3)8-9-16(14)22(18)27-21/h7-13H,4-6H2,1-3H3/b24-19-. The first kappa shape index (κ1) is 17.8. The smallest absolute Gasteiger partial charge is 0.160 e. The molecule has 0 saturated carbocycles. The number of benzene rings is 3. The molecule has 2 aromatic rings. The van der Waals surface area contributed by atoms with Crippen LogP contribution in [-0.2, 0) is 0 Å². The molecule has 4 nitrogen and oxygen atoms in total. The predicted molar refractivity (Wildman–Crippen MR) is 113 cm³/mol. The Hall–Kier alpha value is -2.59. The lowest BCUT2D eigenvalue weighted by Gasteiger charge is -2.21. The molecule has 0 atom stereocenters. The normalized spacial score (nSPS) is 12.4. The van der Waals surface area contributed by atoms with Gasteiger partial charge in [0.05, 0.1) is 10.4 Å². The molecule has 0 saturated heterocycles. The third-order valence-electron chi connectivity index (χ3n) is 4.87. The number of anilines is 1. The fourth-order valence-electron chi connectivity index (χ4n) is 3.49. The Morgan fingerprint density at radius 1 is 1.04 bits per heavy atom. The van der Waals surface area contributed by atoms with Crippen molar-refractivity contribution in [1.29, 1.82) is 0 Å². The number of hydrogen-bond donors (Lipinski definition) is 0. The van der Waals surface area contributed by atoms with Crippen LogP contribution in [0.2, 0.25) is 5.02 Å². The van der Waals surface area contributed by atoms with E-state index in [4.69, 9.17) is 21.0 Å². The lowest BCUT2D eigenvalue weighted by atomic mass is 10.1. The fraction of sp³-hybridized carbons (Fsp3) is 0.273. The number of nitrogens with zero attached hydrogens (tertiary/aromatic N) is 3. The minimum atomic E-state index is 0.594. The highest BCUT2D eigenvalue weighted by atomic mass is 35.5. The third-order valence-corrected chi connectivity index (χ3v) is 5.17. The Kier molecular flexibility index (Phi) is 4.75. The van der Waals surface area contributed by atoms with Crippen LogP contribution in [0, 0.1) is 0 Å². The SMILES string of the molecule is CC/N=c1/cc2oc3c(ccc4cc(N(CC)CC)ccc43)nc-2cc1Cl. The van der Waals surface area contributed by atoms with Gasteiger partial charge in [0.25, 0.3) is 0 Å². The molecule has 0 bridgehead atoms. The van der Waals surface area contributed by atoms with Crippen molar-refractivity contribution in [1.82, 2.24) is 4.98 Å². The minimum Gasteiger partial charge on any atom is -0.452 e. The zero-order valence-corrected chi connectivity index (χ0v) is 16.5. The topological polar surface area (TPSA) is 41.6 Å². The van der Waals surface area contributed by atoms with Crippen LogP contribution in [0.4, 0.5) is 5.69 Å². The van der Waals surface area contributed by atoms with Crippen molar-refractivity contribution in [3.8, 4) is 11.5 Å². The summed E-state index contributed by atoms with van der Waals surface area (Å²) in [5, 5.41) is 3.53. The quantitative estimate of drug-likeness (QED) is 0.347. The molecule has 0 fully saturated rings. The van der Waals surface area contributed by atoms with Gasteiger partial charge < -0.3 is 9.32 Å². The molecule has 1 heterocycles. The lowest BCUT2D eigenvalue weighted by Crippen LogP contribution is -2.21. The van der Waals surface area contributed by atoms with Gasteiger partial charge in [0.1, 0.15) is 11.2 Å². The minimum absolute atomic E-state index is 0.594. The van der Waals surface area contributed by atoms with E-state index in [0.717, 1.165) is 46.0 Å². The molecule has 0 spiro atoms. The summed E-state index contributed by atoms with van der Waals surface area (Å²) in [4.78, 5) is 11.5. The fourth-order valence-corrected chi connectivity index (χ4v) is 3.71. The average molecular weight is 380 g/mol. The van der Waals surface area contributed by atoms with Crippen molar-refractivity contribution in [3.63, 3.8) is 0 Å². The molecule has 2 aliphatic rings. The highest BCUT2D eigenvalue weighted by molar-refractivity contribution is 6.30. The van der Waals surface area contributed by atoms with Crippen LogP contribution in [0.1, 0.15) is 20.8 Å². The van der Waals surface area contributed by atoms with Crippen LogP contribution < -0.4 is 10.3 Å². The molecule has 27 heavy (non-hydrogen) atoms. The Balaban J connectivity index is 1.97. The maximum absolute atomic E-state index is 6.32. The van der Waals surface area contributed by atoms with E-state index in [9.17, 15) is 0 Å². The van der Waals surface area contributed by atoms with E-state index < -0.39 is 0 Å². The van der Waals surface area contributed by atoms with Crippen molar-refractivity contribution in [2.24, 2.45) is 4.99 Å². The highest BCUT2D eigenvalue weighted by Crippen LogP contribution is 2.32. The van der Waals surface area contributed by atoms with E-state index in [1.165, 1.54) is 5.69 Å². The number of aromatic nitrogens is 1. The van der Waals surface area contributed by atoms with E-state index >= 15 is 0 Å². The molecule has 0 radical (unpaired) electrons. The average Bonchev–Trinajstić information content (AvgIpc) is 2.68. The summed E-state index contributed by atoms with van der Waals surface area (Å²) in [5.41, 5.74) is 3.57. The zero-order valence-electron chi connectivity index (χ0n) is 15.8. The van der Waals surface area contributed by atoms with Crippen LogP contribution in [0.5, 0.6) is 0 Å². The van der Waals surface area contributed by atoms with Gasteiger partial charge in [0.2, 0.25) is 0 Å². The summed E-state index contributed by atoms with van der Waals surface area (Å²) in [6.07, 6.45) is 0. The molecule has 0 unspecified atom stereocenters. The second-order valence-electron chi connectivity index (χ2n) is 6.45. The Morgan fingerprint density at radius 2 is 1.85 bits per heavy atom. The van der Waals surface area contributed by atoms with E-state index in [1.54, 1.807) is 0 Å². The van der Waals surface area contributed by atoms with Gasteiger partial charge in [-0.25, -0.2) is 4.98 Å². The van der Waals surface area contributed by atoms with E-state index in [1.807, 2.05) is 25.1 Å². The molecule has 0 amide bonds.